The Hall–Kier alpha value is -3.60. The second-order valence-corrected chi connectivity index (χ2v) is 7.47. The maximum atomic E-state index is 10.3. The number of fused-ring (bicyclic) bond motifs is 1. The van der Waals surface area contributed by atoms with Gasteiger partial charge in [0.05, 0.1) is 12.7 Å². The Morgan fingerprint density at radius 2 is 1.91 bits per heavy atom. The number of imidazole rings is 1. The minimum atomic E-state index is -0.827. The second kappa shape index (κ2) is 8.50. The van der Waals surface area contributed by atoms with E-state index < -0.39 is 18.4 Å². The lowest BCUT2D eigenvalue weighted by Crippen LogP contribution is -2.24. The van der Waals surface area contributed by atoms with Crippen LogP contribution in [0.5, 0.6) is 5.88 Å². The average molecular weight is 434 g/mol. The molecule has 0 amide bonds. The molecule has 5 rings (SSSR count). The fourth-order valence-corrected chi connectivity index (χ4v) is 3.78. The average Bonchev–Trinajstić information content (AvgIpc) is 3.38. The Morgan fingerprint density at radius 3 is 2.62 bits per heavy atom. The molecular formula is C22H22N6O4. The van der Waals surface area contributed by atoms with Crippen LogP contribution in [0.25, 0.3) is 22.7 Å². The van der Waals surface area contributed by atoms with Gasteiger partial charge in [-0.15, -0.1) is 0 Å². The van der Waals surface area contributed by atoms with E-state index in [9.17, 15) is 10.2 Å². The maximum Gasteiger partial charge on any atom is 0.247 e. The zero-order valence-electron chi connectivity index (χ0n) is 17.1. The fourth-order valence-electron chi connectivity index (χ4n) is 3.78. The van der Waals surface area contributed by atoms with Crippen molar-refractivity contribution in [3.05, 3.63) is 60.3 Å². The number of aliphatic hydroxyl groups is 2. The Morgan fingerprint density at radius 1 is 1.09 bits per heavy atom. The number of nitrogen functional groups attached to an aromatic ring is 1. The molecule has 32 heavy (non-hydrogen) atoms. The van der Waals surface area contributed by atoms with E-state index in [4.69, 9.17) is 20.2 Å². The number of nitrogens with two attached hydrogens (primary N) is 1. The van der Waals surface area contributed by atoms with Gasteiger partial charge in [-0.2, -0.15) is 9.97 Å². The van der Waals surface area contributed by atoms with Gasteiger partial charge in [-0.25, -0.2) is 4.98 Å². The Kier molecular flexibility index (Phi) is 5.39. The number of hydrogen-bond donors (Lipinski definition) is 3. The molecule has 4 aromatic rings. The van der Waals surface area contributed by atoms with Crippen LogP contribution in [-0.4, -0.2) is 53.5 Å². The number of rotatable bonds is 6. The molecule has 3 unspecified atom stereocenters. The summed E-state index contributed by atoms with van der Waals surface area (Å²) in [6, 6.07) is 15.1. The Balaban J connectivity index is 1.62. The third-order valence-electron chi connectivity index (χ3n) is 5.31. The summed E-state index contributed by atoms with van der Waals surface area (Å²) in [7, 11) is 0. The van der Waals surface area contributed by atoms with Crippen molar-refractivity contribution < 1.29 is 19.7 Å². The molecule has 1 aromatic carbocycles. The molecule has 4 N–H and O–H groups in total. The summed E-state index contributed by atoms with van der Waals surface area (Å²) in [5.74, 6) is 0.733. The molecule has 0 spiro atoms. The van der Waals surface area contributed by atoms with E-state index in [0.29, 0.717) is 22.7 Å². The van der Waals surface area contributed by atoms with Crippen LogP contribution < -0.4 is 10.5 Å². The van der Waals surface area contributed by atoms with Crippen molar-refractivity contribution in [2.45, 2.75) is 31.5 Å². The van der Waals surface area contributed by atoms with Gasteiger partial charge in [0.15, 0.2) is 17.0 Å². The molecule has 1 aliphatic heterocycles. The lowest BCUT2D eigenvalue weighted by molar-refractivity contribution is -0.0427. The van der Waals surface area contributed by atoms with Crippen molar-refractivity contribution in [2.24, 2.45) is 0 Å². The zero-order valence-corrected chi connectivity index (χ0v) is 17.1. The highest BCUT2D eigenvalue weighted by atomic mass is 16.5. The van der Waals surface area contributed by atoms with E-state index in [1.54, 1.807) is 16.8 Å². The molecule has 0 bridgehead atoms. The summed E-state index contributed by atoms with van der Waals surface area (Å²) < 4.78 is 13.6. The largest absolute Gasteiger partial charge is 0.471 e. The first-order valence-corrected chi connectivity index (χ1v) is 10.2. The Labute approximate surface area is 183 Å². The van der Waals surface area contributed by atoms with Crippen LogP contribution in [0.3, 0.4) is 0 Å². The summed E-state index contributed by atoms with van der Waals surface area (Å²) in [5, 5.41) is 19.8. The van der Waals surface area contributed by atoms with E-state index in [1.165, 1.54) is 0 Å². The van der Waals surface area contributed by atoms with Gasteiger partial charge in [-0.3, -0.25) is 9.55 Å². The molecule has 1 fully saturated rings. The molecule has 4 heterocycles. The lowest BCUT2D eigenvalue weighted by atomic mass is 10.2. The molecule has 0 saturated carbocycles. The van der Waals surface area contributed by atoms with Crippen LogP contribution in [0, 0.1) is 0 Å². The number of benzene rings is 1. The molecule has 1 aliphatic rings. The third kappa shape index (κ3) is 3.75. The summed E-state index contributed by atoms with van der Waals surface area (Å²) in [4.78, 5) is 17.8. The van der Waals surface area contributed by atoms with Crippen molar-refractivity contribution >= 4 is 17.1 Å². The van der Waals surface area contributed by atoms with Crippen molar-refractivity contribution in [2.75, 3.05) is 12.3 Å². The van der Waals surface area contributed by atoms with Gasteiger partial charge in [0, 0.05) is 12.6 Å². The van der Waals surface area contributed by atoms with Crippen LogP contribution in [0.15, 0.2) is 54.7 Å². The van der Waals surface area contributed by atoms with Gasteiger partial charge in [0.2, 0.25) is 11.8 Å². The summed E-state index contributed by atoms with van der Waals surface area (Å²) in [6.45, 7) is -0.0187. The Bertz CT molecular complexity index is 1220. The predicted octanol–water partition coefficient (Wildman–Crippen LogP) is 1.69. The standard InChI is InChI=1S/C22H22N6O4/c23-22-26-20-18(21(27-22)31-12-13-6-2-1-3-7-13)25-19(14-8-4-5-9-24-14)28(20)17-10-15(30)16(11-29)32-17/h1-9,15-17,29-30H,10-12H2,(H2,23,26,27). The summed E-state index contributed by atoms with van der Waals surface area (Å²) in [6.07, 6.45) is -0.248. The van der Waals surface area contributed by atoms with Gasteiger partial charge in [-0.05, 0) is 17.7 Å². The van der Waals surface area contributed by atoms with Gasteiger partial charge < -0.3 is 25.4 Å². The number of aliphatic hydroxyl groups excluding tert-OH is 2. The van der Waals surface area contributed by atoms with Crippen molar-refractivity contribution in [1.29, 1.82) is 0 Å². The monoisotopic (exact) mass is 434 g/mol. The number of hydrogen-bond acceptors (Lipinski definition) is 9. The van der Waals surface area contributed by atoms with Gasteiger partial charge in [-0.1, -0.05) is 36.4 Å². The number of anilines is 1. The summed E-state index contributed by atoms with van der Waals surface area (Å²) in [5.41, 5.74) is 8.36. The number of ether oxygens (including phenoxy) is 2. The fraction of sp³-hybridized carbons (Fsp3) is 0.273. The number of aromatic nitrogens is 5. The smallest absolute Gasteiger partial charge is 0.247 e. The predicted molar refractivity (Wildman–Crippen MR) is 115 cm³/mol. The van der Waals surface area contributed by atoms with Gasteiger partial charge in [0.1, 0.15) is 24.6 Å². The first-order chi connectivity index (χ1) is 15.6. The number of pyridine rings is 1. The van der Waals surface area contributed by atoms with Crippen LogP contribution in [0.4, 0.5) is 5.95 Å². The lowest BCUT2D eigenvalue weighted by Gasteiger charge is -2.16. The SMILES string of the molecule is Nc1nc(OCc2ccccc2)c2nc(-c3ccccn3)n(C3CC(O)C(CO)O3)c2n1. The molecular weight excluding hydrogens is 412 g/mol. The third-order valence-corrected chi connectivity index (χ3v) is 5.31. The van der Waals surface area contributed by atoms with Crippen LogP contribution >= 0.6 is 0 Å². The highest BCUT2D eigenvalue weighted by molar-refractivity contribution is 5.82. The van der Waals surface area contributed by atoms with Crippen molar-refractivity contribution in [3.8, 4) is 17.4 Å². The minimum Gasteiger partial charge on any atom is -0.471 e. The molecule has 10 heteroatoms. The van der Waals surface area contributed by atoms with E-state index in [1.807, 2.05) is 42.5 Å². The highest BCUT2D eigenvalue weighted by Crippen LogP contribution is 2.37. The molecule has 3 atom stereocenters. The van der Waals surface area contributed by atoms with Gasteiger partial charge >= 0.3 is 0 Å². The quantitative estimate of drug-likeness (QED) is 0.413. The van der Waals surface area contributed by atoms with Gasteiger partial charge in [0.25, 0.3) is 0 Å². The van der Waals surface area contributed by atoms with Crippen LogP contribution in [0.1, 0.15) is 18.2 Å². The molecule has 3 aromatic heterocycles. The van der Waals surface area contributed by atoms with E-state index in [2.05, 4.69) is 15.0 Å². The highest BCUT2D eigenvalue weighted by Gasteiger charge is 2.37. The van der Waals surface area contributed by atoms with E-state index in [0.717, 1.165) is 5.56 Å². The molecule has 1 saturated heterocycles. The topological polar surface area (TPSA) is 141 Å². The van der Waals surface area contributed by atoms with E-state index >= 15 is 0 Å². The van der Waals surface area contributed by atoms with Crippen LogP contribution in [0.2, 0.25) is 0 Å². The second-order valence-electron chi connectivity index (χ2n) is 7.47. The van der Waals surface area contributed by atoms with Crippen molar-refractivity contribution in [3.63, 3.8) is 0 Å². The first-order valence-electron chi connectivity index (χ1n) is 10.2. The minimum absolute atomic E-state index is 0.0199. The summed E-state index contributed by atoms with van der Waals surface area (Å²) >= 11 is 0. The molecule has 0 aliphatic carbocycles. The van der Waals surface area contributed by atoms with Crippen molar-refractivity contribution in [1.82, 2.24) is 24.5 Å². The molecule has 0 radical (unpaired) electrons. The van der Waals surface area contributed by atoms with E-state index in [-0.39, 0.29) is 31.5 Å². The van der Waals surface area contributed by atoms with Crippen LogP contribution in [-0.2, 0) is 11.3 Å². The molecule has 164 valence electrons. The first kappa shape index (κ1) is 20.3. The maximum absolute atomic E-state index is 10.3. The zero-order chi connectivity index (χ0) is 22.1. The molecule has 10 nitrogen and oxygen atoms in total. The normalized spacial score (nSPS) is 20.6. The number of nitrogens with zero attached hydrogens (tertiary/aromatic N) is 5.